The molecule has 0 bridgehead atoms. The van der Waals surface area contributed by atoms with Crippen LogP contribution in [0.15, 0.2) is 79.4 Å². The molecule has 0 aliphatic rings. The van der Waals surface area contributed by atoms with Crippen molar-refractivity contribution in [2.75, 3.05) is 10.6 Å². The van der Waals surface area contributed by atoms with Crippen molar-refractivity contribution in [2.24, 2.45) is 0 Å². The summed E-state index contributed by atoms with van der Waals surface area (Å²) in [5.74, 6) is 1.30. The van der Waals surface area contributed by atoms with Gasteiger partial charge < -0.3 is 5.32 Å². The second-order valence-electron chi connectivity index (χ2n) is 7.78. The lowest BCUT2D eigenvalue weighted by atomic mass is 10.1. The molecule has 0 saturated heterocycles. The standard InChI is InChI=1S/C25H22N8O/c1-16(18-6-4-3-5-7-18)29-24-27-13-11-23(32-24)33-15-28-21-14-19(8-9-22(21)33)20-10-12-26-25(31-20)30-17(2)34/h3-16H,1-2H3,(H,27,29,32)(H,26,30,31,34). The van der Waals surface area contributed by atoms with Crippen LogP contribution in [0.5, 0.6) is 0 Å². The maximum absolute atomic E-state index is 11.3. The van der Waals surface area contributed by atoms with E-state index in [1.807, 2.05) is 47.0 Å². The Kier molecular flexibility index (Phi) is 5.65. The van der Waals surface area contributed by atoms with Crippen molar-refractivity contribution < 1.29 is 4.79 Å². The van der Waals surface area contributed by atoms with Crippen LogP contribution in [0.2, 0.25) is 0 Å². The minimum absolute atomic E-state index is 0.0637. The maximum Gasteiger partial charge on any atom is 0.229 e. The lowest BCUT2D eigenvalue weighted by Crippen LogP contribution is -2.10. The number of imidazole rings is 1. The molecule has 2 aromatic carbocycles. The third-order valence-electron chi connectivity index (χ3n) is 5.32. The van der Waals surface area contributed by atoms with Gasteiger partial charge in [-0.25, -0.2) is 19.9 Å². The quantitative estimate of drug-likeness (QED) is 0.394. The van der Waals surface area contributed by atoms with Crippen LogP contribution < -0.4 is 10.6 Å². The predicted octanol–water partition coefficient (Wildman–Crippen LogP) is 4.40. The molecule has 0 radical (unpaired) electrons. The summed E-state index contributed by atoms with van der Waals surface area (Å²) in [6.07, 6.45) is 5.08. The van der Waals surface area contributed by atoms with Crippen LogP contribution in [0.4, 0.5) is 11.9 Å². The summed E-state index contributed by atoms with van der Waals surface area (Å²) < 4.78 is 1.92. The highest BCUT2D eigenvalue weighted by Crippen LogP contribution is 2.25. The molecular formula is C25H22N8O. The first-order valence-electron chi connectivity index (χ1n) is 10.8. The first kappa shape index (κ1) is 21.2. The number of rotatable bonds is 6. The number of hydrogen-bond acceptors (Lipinski definition) is 7. The number of carbonyl (C=O) groups excluding carboxylic acids is 1. The van der Waals surface area contributed by atoms with Crippen molar-refractivity contribution in [3.63, 3.8) is 0 Å². The number of nitrogens with zero attached hydrogens (tertiary/aromatic N) is 6. The fourth-order valence-corrected chi connectivity index (χ4v) is 3.66. The zero-order valence-corrected chi connectivity index (χ0v) is 18.7. The molecule has 9 heteroatoms. The molecule has 2 N–H and O–H groups in total. The van der Waals surface area contributed by atoms with E-state index in [1.54, 1.807) is 24.8 Å². The molecule has 0 saturated carbocycles. The van der Waals surface area contributed by atoms with Gasteiger partial charge in [-0.1, -0.05) is 36.4 Å². The number of carbonyl (C=O) groups is 1. The van der Waals surface area contributed by atoms with E-state index >= 15 is 0 Å². The highest BCUT2D eigenvalue weighted by molar-refractivity contribution is 5.87. The van der Waals surface area contributed by atoms with Gasteiger partial charge in [0.15, 0.2) is 0 Å². The van der Waals surface area contributed by atoms with Crippen LogP contribution in [-0.4, -0.2) is 35.4 Å². The van der Waals surface area contributed by atoms with E-state index in [-0.39, 0.29) is 17.9 Å². The van der Waals surface area contributed by atoms with E-state index in [2.05, 4.69) is 49.6 Å². The molecule has 168 valence electrons. The fourth-order valence-electron chi connectivity index (χ4n) is 3.66. The van der Waals surface area contributed by atoms with Crippen molar-refractivity contribution in [1.29, 1.82) is 0 Å². The molecule has 0 fully saturated rings. The summed E-state index contributed by atoms with van der Waals surface area (Å²) in [4.78, 5) is 33.4. The van der Waals surface area contributed by atoms with Crippen molar-refractivity contribution in [1.82, 2.24) is 29.5 Å². The van der Waals surface area contributed by atoms with E-state index in [1.165, 1.54) is 6.92 Å². The van der Waals surface area contributed by atoms with Crippen molar-refractivity contribution in [3.05, 3.63) is 84.9 Å². The molecule has 1 atom stereocenters. The molecule has 0 aliphatic heterocycles. The van der Waals surface area contributed by atoms with Gasteiger partial charge in [0.1, 0.15) is 12.1 Å². The van der Waals surface area contributed by atoms with Crippen molar-refractivity contribution in [3.8, 4) is 17.1 Å². The average Bonchev–Trinajstić information content (AvgIpc) is 3.28. The summed E-state index contributed by atoms with van der Waals surface area (Å²) >= 11 is 0. The van der Waals surface area contributed by atoms with Gasteiger partial charge in [-0.3, -0.25) is 14.7 Å². The van der Waals surface area contributed by atoms with Gasteiger partial charge in [-0.05, 0) is 36.8 Å². The highest BCUT2D eigenvalue weighted by atomic mass is 16.1. The number of amides is 1. The van der Waals surface area contributed by atoms with E-state index in [9.17, 15) is 4.79 Å². The molecule has 1 amide bonds. The fraction of sp³-hybridized carbons (Fsp3) is 0.120. The minimum Gasteiger partial charge on any atom is -0.348 e. The number of aromatic nitrogens is 6. The Balaban J connectivity index is 1.42. The molecule has 5 rings (SSSR count). The van der Waals surface area contributed by atoms with E-state index in [4.69, 9.17) is 4.98 Å². The molecule has 3 aromatic heterocycles. The van der Waals surface area contributed by atoms with Crippen LogP contribution in [0, 0.1) is 0 Å². The number of fused-ring (bicyclic) bond motifs is 1. The monoisotopic (exact) mass is 450 g/mol. The van der Waals surface area contributed by atoms with Crippen LogP contribution in [0.25, 0.3) is 28.1 Å². The SMILES string of the molecule is CC(=O)Nc1nccc(-c2ccc3c(c2)ncn3-c2ccnc(NC(C)c3ccccc3)n2)n1. The number of nitrogens with one attached hydrogen (secondary N) is 2. The molecule has 9 nitrogen and oxygen atoms in total. The lowest BCUT2D eigenvalue weighted by Gasteiger charge is -2.14. The van der Waals surface area contributed by atoms with Gasteiger partial charge >= 0.3 is 0 Å². The average molecular weight is 451 g/mol. The summed E-state index contributed by atoms with van der Waals surface area (Å²) in [5, 5.41) is 5.96. The normalized spacial score (nSPS) is 11.8. The molecule has 0 aliphatic carbocycles. The smallest absolute Gasteiger partial charge is 0.229 e. The second-order valence-corrected chi connectivity index (χ2v) is 7.78. The Hall–Kier alpha value is -4.66. The summed E-state index contributed by atoms with van der Waals surface area (Å²) in [6.45, 7) is 3.50. The van der Waals surface area contributed by atoms with Crippen LogP contribution >= 0.6 is 0 Å². The Bertz CT molecular complexity index is 1460. The van der Waals surface area contributed by atoms with E-state index < -0.39 is 0 Å². The number of benzene rings is 2. The molecule has 0 spiro atoms. The Labute approximate surface area is 196 Å². The lowest BCUT2D eigenvalue weighted by molar-refractivity contribution is -0.114. The van der Waals surface area contributed by atoms with Gasteiger partial charge in [0.25, 0.3) is 0 Å². The third kappa shape index (κ3) is 4.44. The highest BCUT2D eigenvalue weighted by Gasteiger charge is 2.12. The zero-order chi connectivity index (χ0) is 23.5. The Morgan fingerprint density at radius 1 is 0.912 bits per heavy atom. The van der Waals surface area contributed by atoms with Gasteiger partial charge in [0, 0.05) is 24.9 Å². The number of hydrogen-bond donors (Lipinski definition) is 2. The molecular weight excluding hydrogens is 428 g/mol. The predicted molar refractivity (Wildman–Crippen MR) is 130 cm³/mol. The maximum atomic E-state index is 11.3. The molecule has 1 unspecified atom stereocenters. The first-order valence-corrected chi connectivity index (χ1v) is 10.8. The van der Waals surface area contributed by atoms with Crippen LogP contribution in [0.1, 0.15) is 25.5 Å². The van der Waals surface area contributed by atoms with Gasteiger partial charge in [0.05, 0.1) is 22.8 Å². The van der Waals surface area contributed by atoms with E-state index in [0.717, 1.165) is 22.2 Å². The van der Waals surface area contributed by atoms with Crippen LogP contribution in [-0.2, 0) is 4.79 Å². The first-order chi connectivity index (χ1) is 16.6. The minimum atomic E-state index is -0.219. The molecule has 3 heterocycles. The number of anilines is 2. The largest absolute Gasteiger partial charge is 0.348 e. The molecule has 5 aromatic rings. The van der Waals surface area contributed by atoms with Gasteiger partial charge in [-0.15, -0.1) is 0 Å². The van der Waals surface area contributed by atoms with Crippen molar-refractivity contribution >= 4 is 28.8 Å². The Morgan fingerprint density at radius 2 is 1.71 bits per heavy atom. The topological polar surface area (TPSA) is 111 Å². The summed E-state index contributed by atoms with van der Waals surface area (Å²) in [7, 11) is 0. The summed E-state index contributed by atoms with van der Waals surface area (Å²) in [5.41, 5.74) is 4.42. The van der Waals surface area contributed by atoms with Gasteiger partial charge in [-0.2, -0.15) is 4.98 Å². The second kappa shape index (κ2) is 9.07. The van der Waals surface area contributed by atoms with Crippen molar-refractivity contribution in [2.45, 2.75) is 19.9 Å². The van der Waals surface area contributed by atoms with Crippen LogP contribution in [0.3, 0.4) is 0 Å². The third-order valence-corrected chi connectivity index (χ3v) is 5.32. The Morgan fingerprint density at radius 3 is 2.53 bits per heavy atom. The zero-order valence-electron chi connectivity index (χ0n) is 18.7. The van der Waals surface area contributed by atoms with Gasteiger partial charge in [0.2, 0.25) is 17.8 Å². The molecule has 34 heavy (non-hydrogen) atoms. The summed E-state index contributed by atoms with van der Waals surface area (Å²) in [6, 6.07) is 19.7. The van der Waals surface area contributed by atoms with E-state index in [0.29, 0.717) is 17.5 Å².